The number of aliphatic carboxylic acids is 1. The molecule has 0 bridgehead atoms. The van der Waals surface area contributed by atoms with Crippen LogP contribution in [0, 0.1) is 0 Å². The third-order valence-corrected chi connectivity index (χ3v) is 3.34. The van der Waals surface area contributed by atoms with Gasteiger partial charge in [0.1, 0.15) is 5.76 Å². The van der Waals surface area contributed by atoms with E-state index >= 15 is 0 Å². The molecule has 0 atom stereocenters. The molecule has 16 heavy (non-hydrogen) atoms. The monoisotopic (exact) mass is 219 g/mol. The van der Waals surface area contributed by atoms with Crippen LogP contribution in [0.1, 0.15) is 37.0 Å². The molecule has 0 saturated heterocycles. The second-order valence-electron chi connectivity index (χ2n) is 4.51. The Bertz CT molecular complexity index is 468. The summed E-state index contributed by atoms with van der Waals surface area (Å²) >= 11 is 0. The number of carboxylic acid groups (broad SMARTS) is 1. The van der Waals surface area contributed by atoms with Crippen molar-refractivity contribution in [1.82, 2.24) is 0 Å². The van der Waals surface area contributed by atoms with Crippen LogP contribution in [0.15, 0.2) is 21.7 Å². The highest BCUT2D eigenvalue weighted by Crippen LogP contribution is 2.41. The summed E-state index contributed by atoms with van der Waals surface area (Å²) in [5.74, 6) is 0.154. The number of hydrogen-bond acceptors (Lipinski definition) is 3. The highest BCUT2D eigenvalue weighted by molar-refractivity contribution is 6.04. The van der Waals surface area contributed by atoms with Crippen molar-refractivity contribution in [3.63, 3.8) is 0 Å². The molecule has 0 spiro atoms. The van der Waals surface area contributed by atoms with E-state index in [1.165, 1.54) is 0 Å². The van der Waals surface area contributed by atoms with Crippen molar-refractivity contribution in [2.75, 3.05) is 0 Å². The summed E-state index contributed by atoms with van der Waals surface area (Å²) in [7, 11) is 0. The number of carboxylic acids is 1. The Hall–Kier alpha value is -1.58. The minimum atomic E-state index is -0.818. The summed E-state index contributed by atoms with van der Waals surface area (Å²) in [6.07, 6.45) is 5.78. The minimum Gasteiger partial charge on any atom is -0.479 e. The molecule has 3 rings (SSSR count). The van der Waals surface area contributed by atoms with Gasteiger partial charge >= 0.3 is 5.97 Å². The summed E-state index contributed by atoms with van der Waals surface area (Å²) in [6.45, 7) is 0. The van der Waals surface area contributed by atoms with Crippen molar-refractivity contribution >= 4 is 11.7 Å². The van der Waals surface area contributed by atoms with Gasteiger partial charge in [-0.25, -0.2) is 4.79 Å². The van der Waals surface area contributed by atoms with Gasteiger partial charge in [0.2, 0.25) is 0 Å². The van der Waals surface area contributed by atoms with Gasteiger partial charge in [-0.05, 0) is 31.7 Å². The standard InChI is InChI=1S/C12H13NO3/c14-11(15)12(5-6-12)13-9-2-1-3-10-8(9)4-7-16-10/h4,7H,1-3,5-6H2,(H,14,15). The van der Waals surface area contributed by atoms with E-state index in [9.17, 15) is 4.79 Å². The Morgan fingerprint density at radius 1 is 1.44 bits per heavy atom. The smallest absolute Gasteiger partial charge is 0.331 e. The molecule has 1 heterocycles. The van der Waals surface area contributed by atoms with Gasteiger partial charge in [0.15, 0.2) is 5.54 Å². The molecule has 1 N–H and O–H groups in total. The molecule has 1 aromatic heterocycles. The summed E-state index contributed by atoms with van der Waals surface area (Å²) < 4.78 is 5.35. The maximum atomic E-state index is 11.1. The van der Waals surface area contributed by atoms with E-state index in [2.05, 4.69) is 4.99 Å². The largest absolute Gasteiger partial charge is 0.479 e. The van der Waals surface area contributed by atoms with E-state index in [1.807, 2.05) is 6.07 Å². The molecule has 4 nitrogen and oxygen atoms in total. The number of carbonyl (C=O) groups is 1. The molecule has 2 aliphatic rings. The molecule has 84 valence electrons. The molecular weight excluding hydrogens is 206 g/mol. The molecule has 0 aliphatic heterocycles. The van der Waals surface area contributed by atoms with Gasteiger partial charge < -0.3 is 9.52 Å². The number of rotatable bonds is 2. The van der Waals surface area contributed by atoms with E-state index in [0.29, 0.717) is 12.8 Å². The van der Waals surface area contributed by atoms with Crippen LogP contribution >= 0.6 is 0 Å². The topological polar surface area (TPSA) is 62.8 Å². The zero-order valence-corrected chi connectivity index (χ0v) is 8.90. The zero-order chi connectivity index (χ0) is 11.2. The number of fused-ring (bicyclic) bond motifs is 1. The van der Waals surface area contributed by atoms with Crippen LogP contribution in [0.3, 0.4) is 0 Å². The Labute approximate surface area is 93.0 Å². The molecule has 1 fully saturated rings. The quantitative estimate of drug-likeness (QED) is 0.827. The second kappa shape index (κ2) is 3.20. The number of hydrogen-bond donors (Lipinski definition) is 1. The molecule has 0 amide bonds. The lowest BCUT2D eigenvalue weighted by Crippen LogP contribution is -2.23. The van der Waals surface area contributed by atoms with Crippen LogP contribution in [0.25, 0.3) is 0 Å². The first-order chi connectivity index (χ1) is 7.71. The minimum absolute atomic E-state index is 0.666. The van der Waals surface area contributed by atoms with Gasteiger partial charge in [0.05, 0.1) is 6.26 Å². The summed E-state index contributed by atoms with van der Waals surface area (Å²) in [6, 6.07) is 1.89. The third-order valence-electron chi connectivity index (χ3n) is 3.34. The molecule has 1 saturated carbocycles. The summed E-state index contributed by atoms with van der Waals surface area (Å²) in [5, 5.41) is 9.10. The van der Waals surface area contributed by atoms with Crippen LogP contribution in [0.4, 0.5) is 0 Å². The van der Waals surface area contributed by atoms with Crippen molar-refractivity contribution in [2.24, 2.45) is 4.99 Å². The van der Waals surface area contributed by atoms with Crippen molar-refractivity contribution in [3.8, 4) is 0 Å². The predicted octanol–water partition coefficient (Wildman–Crippen LogP) is 2.02. The third kappa shape index (κ3) is 1.37. The van der Waals surface area contributed by atoms with Crippen LogP contribution in [-0.4, -0.2) is 22.3 Å². The van der Waals surface area contributed by atoms with Gasteiger partial charge in [-0.2, -0.15) is 0 Å². The average Bonchev–Trinajstić information content (AvgIpc) is 2.89. The van der Waals surface area contributed by atoms with Crippen molar-refractivity contribution in [3.05, 3.63) is 23.7 Å². The van der Waals surface area contributed by atoms with E-state index in [0.717, 1.165) is 36.3 Å². The maximum Gasteiger partial charge on any atom is 0.331 e. The van der Waals surface area contributed by atoms with Gasteiger partial charge in [-0.15, -0.1) is 0 Å². The SMILES string of the molecule is O=C(O)C1(N=C2CCCc3occc32)CC1. The van der Waals surface area contributed by atoms with E-state index in [-0.39, 0.29) is 0 Å². The highest BCUT2D eigenvalue weighted by atomic mass is 16.4. The van der Waals surface area contributed by atoms with Gasteiger partial charge in [-0.3, -0.25) is 4.99 Å². The normalized spacial score (nSPS) is 24.1. The summed E-state index contributed by atoms with van der Waals surface area (Å²) in [5.41, 5.74) is 1.11. The number of furan rings is 1. The Morgan fingerprint density at radius 2 is 2.25 bits per heavy atom. The Balaban J connectivity index is 1.98. The van der Waals surface area contributed by atoms with E-state index < -0.39 is 11.5 Å². The number of aryl methyl sites for hydroxylation is 1. The van der Waals surface area contributed by atoms with Crippen molar-refractivity contribution in [2.45, 2.75) is 37.6 Å². The maximum absolute atomic E-state index is 11.1. The highest BCUT2D eigenvalue weighted by Gasteiger charge is 2.51. The molecule has 1 aromatic rings. The Kier molecular flexibility index (Phi) is 1.93. The summed E-state index contributed by atoms with van der Waals surface area (Å²) in [4.78, 5) is 15.5. The van der Waals surface area contributed by atoms with Gasteiger partial charge in [0, 0.05) is 17.7 Å². The fourth-order valence-corrected chi connectivity index (χ4v) is 2.21. The fourth-order valence-electron chi connectivity index (χ4n) is 2.21. The molecule has 2 aliphatic carbocycles. The molecular formula is C12H13NO3. The number of nitrogens with zero attached hydrogens (tertiary/aromatic N) is 1. The molecule has 4 heteroatoms. The average molecular weight is 219 g/mol. The van der Waals surface area contributed by atoms with Crippen LogP contribution in [0.5, 0.6) is 0 Å². The van der Waals surface area contributed by atoms with E-state index in [4.69, 9.17) is 9.52 Å². The first kappa shape index (κ1) is 9.63. The number of aliphatic imine (C=N–C) groups is 1. The lowest BCUT2D eigenvalue weighted by Gasteiger charge is -2.14. The lowest BCUT2D eigenvalue weighted by atomic mass is 9.96. The van der Waals surface area contributed by atoms with Crippen LogP contribution in [0.2, 0.25) is 0 Å². The first-order valence-electron chi connectivity index (χ1n) is 5.60. The molecule has 0 aromatic carbocycles. The molecule has 0 unspecified atom stereocenters. The van der Waals surface area contributed by atoms with Crippen molar-refractivity contribution < 1.29 is 14.3 Å². The van der Waals surface area contributed by atoms with Gasteiger partial charge in [-0.1, -0.05) is 0 Å². The fraction of sp³-hybridized carbons (Fsp3) is 0.500. The van der Waals surface area contributed by atoms with Gasteiger partial charge in [0.25, 0.3) is 0 Å². The Morgan fingerprint density at radius 3 is 2.94 bits per heavy atom. The molecule has 0 radical (unpaired) electrons. The zero-order valence-electron chi connectivity index (χ0n) is 8.90. The second-order valence-corrected chi connectivity index (χ2v) is 4.51. The van der Waals surface area contributed by atoms with E-state index in [1.54, 1.807) is 6.26 Å². The predicted molar refractivity (Wildman–Crippen MR) is 57.8 cm³/mol. The van der Waals surface area contributed by atoms with Crippen LogP contribution < -0.4 is 0 Å². The van der Waals surface area contributed by atoms with Crippen molar-refractivity contribution in [1.29, 1.82) is 0 Å². The lowest BCUT2D eigenvalue weighted by molar-refractivity contribution is -0.139. The first-order valence-corrected chi connectivity index (χ1v) is 5.60. The van der Waals surface area contributed by atoms with Crippen LogP contribution in [-0.2, 0) is 11.2 Å².